The van der Waals surface area contributed by atoms with Gasteiger partial charge < -0.3 is 10.6 Å². The van der Waals surface area contributed by atoms with E-state index in [1.807, 2.05) is 25.9 Å². The van der Waals surface area contributed by atoms with Crippen molar-refractivity contribution in [3.8, 4) is 0 Å². The molecule has 0 aliphatic heterocycles. The van der Waals surface area contributed by atoms with Crippen molar-refractivity contribution in [2.24, 2.45) is 0 Å². The molecule has 270 valence electrons. The predicted molar refractivity (Wildman–Crippen MR) is 202 cm³/mol. The molecule has 0 fully saturated rings. The second kappa shape index (κ2) is 33.3. The highest BCUT2D eigenvalue weighted by molar-refractivity contribution is 5.80. The van der Waals surface area contributed by atoms with Crippen LogP contribution in [0, 0.1) is 0 Å². The first kappa shape index (κ1) is 44.4. The fourth-order valence-electron chi connectivity index (χ4n) is 6.05. The molecule has 2 N–H and O–H groups in total. The monoisotopic (exact) mass is 646 g/mol. The van der Waals surface area contributed by atoms with E-state index in [0.717, 1.165) is 25.7 Å². The summed E-state index contributed by atoms with van der Waals surface area (Å²) in [5, 5.41) is 6.31. The molecule has 5 heteroatoms. The van der Waals surface area contributed by atoms with Crippen molar-refractivity contribution in [2.75, 3.05) is 14.1 Å². The Morgan fingerprint density at radius 1 is 0.457 bits per heavy atom. The number of allylic oxidation sites excluding steroid dienone is 4. The molecule has 0 aromatic carbocycles. The van der Waals surface area contributed by atoms with E-state index in [1.165, 1.54) is 141 Å². The predicted octanol–water partition coefficient (Wildman–Crippen LogP) is 11.9. The molecule has 0 heterocycles. The van der Waals surface area contributed by atoms with Crippen molar-refractivity contribution in [2.45, 2.75) is 213 Å². The summed E-state index contributed by atoms with van der Waals surface area (Å²) in [6.45, 7) is 6.56. The van der Waals surface area contributed by atoms with E-state index < -0.39 is 5.79 Å². The largest absolute Gasteiger partial charge is 0.321 e. The molecule has 0 aromatic heterocycles. The molecule has 0 spiro atoms. The van der Waals surface area contributed by atoms with Gasteiger partial charge in [0.05, 0.1) is 0 Å². The molecule has 0 aliphatic rings. The molecule has 0 saturated heterocycles. The summed E-state index contributed by atoms with van der Waals surface area (Å²) in [5.41, 5.74) is 0. The van der Waals surface area contributed by atoms with E-state index >= 15 is 0 Å². The molecule has 0 bridgehead atoms. The second-order valence-electron chi connectivity index (χ2n) is 13.9. The minimum Gasteiger partial charge on any atom is -0.321 e. The van der Waals surface area contributed by atoms with E-state index in [0.29, 0.717) is 19.3 Å². The number of unbranched alkanes of at least 4 members (excludes halogenated alkanes) is 22. The lowest BCUT2D eigenvalue weighted by atomic mass is 10.1. The van der Waals surface area contributed by atoms with Gasteiger partial charge in [0.1, 0.15) is 0 Å². The molecule has 2 amide bonds. The first-order chi connectivity index (χ1) is 22.4. The minimum atomic E-state index is -0.822. The molecule has 0 aromatic rings. The Hall–Kier alpha value is -1.62. The maximum absolute atomic E-state index is 12.8. The highest BCUT2D eigenvalue weighted by Crippen LogP contribution is 2.15. The van der Waals surface area contributed by atoms with Gasteiger partial charge in [-0.2, -0.15) is 0 Å². The van der Waals surface area contributed by atoms with Crippen molar-refractivity contribution in [3.63, 3.8) is 0 Å². The van der Waals surface area contributed by atoms with Crippen molar-refractivity contribution in [3.05, 3.63) is 24.3 Å². The van der Waals surface area contributed by atoms with Gasteiger partial charge in [-0.05, 0) is 78.3 Å². The maximum Gasteiger partial charge on any atom is 0.222 e. The number of carbonyl (C=O) groups excluding carboxylic acids is 2. The van der Waals surface area contributed by atoms with Gasteiger partial charge >= 0.3 is 0 Å². The molecule has 0 saturated carbocycles. The van der Waals surface area contributed by atoms with Crippen LogP contribution in [0.2, 0.25) is 0 Å². The summed E-state index contributed by atoms with van der Waals surface area (Å²) in [6, 6.07) is 0. The topological polar surface area (TPSA) is 61.4 Å². The van der Waals surface area contributed by atoms with Gasteiger partial charge in [0.25, 0.3) is 0 Å². The van der Waals surface area contributed by atoms with Gasteiger partial charge in [0.2, 0.25) is 11.8 Å². The van der Waals surface area contributed by atoms with Crippen LogP contribution in [0.3, 0.4) is 0 Å². The third-order valence-electron chi connectivity index (χ3n) is 9.30. The smallest absolute Gasteiger partial charge is 0.222 e. The lowest BCUT2D eigenvalue weighted by molar-refractivity contribution is -0.132. The van der Waals surface area contributed by atoms with Crippen LogP contribution in [0.15, 0.2) is 24.3 Å². The number of carbonyl (C=O) groups is 2. The molecule has 5 nitrogen and oxygen atoms in total. The molecule has 46 heavy (non-hydrogen) atoms. The van der Waals surface area contributed by atoms with Crippen LogP contribution in [-0.2, 0) is 9.59 Å². The molecule has 0 rings (SSSR count). The van der Waals surface area contributed by atoms with E-state index in [2.05, 4.69) is 48.8 Å². The summed E-state index contributed by atoms with van der Waals surface area (Å²) in [5.74, 6) is -0.776. The van der Waals surface area contributed by atoms with Crippen LogP contribution < -0.4 is 10.6 Å². The van der Waals surface area contributed by atoms with Gasteiger partial charge in [-0.3, -0.25) is 14.5 Å². The van der Waals surface area contributed by atoms with Crippen LogP contribution in [0.4, 0.5) is 0 Å². The first-order valence-electron chi connectivity index (χ1n) is 20.0. The van der Waals surface area contributed by atoms with Crippen molar-refractivity contribution < 1.29 is 9.59 Å². The standard InChI is InChI=1S/C41H79N3O2/c1-6-9-11-13-15-17-19-21-23-25-27-29-31-33-35-37-39(45)42-41(8-3,44(4)5)43-40(46)38-36-34-32-30-28-26-24-22-20-18-16-14-12-10-7-2/h21-24H,6-20,25-38H2,1-5H3,(H,42,45)(H,43,46)/b23-21-,24-22-. The lowest BCUT2D eigenvalue weighted by Crippen LogP contribution is -2.68. The summed E-state index contributed by atoms with van der Waals surface area (Å²) in [7, 11) is 3.85. The molecular weight excluding hydrogens is 566 g/mol. The summed E-state index contributed by atoms with van der Waals surface area (Å²) in [4.78, 5) is 27.6. The van der Waals surface area contributed by atoms with Crippen LogP contribution in [0.5, 0.6) is 0 Å². The highest BCUT2D eigenvalue weighted by atomic mass is 16.2. The Kier molecular flexibility index (Phi) is 32.1. The van der Waals surface area contributed by atoms with Gasteiger partial charge in [-0.15, -0.1) is 0 Å². The van der Waals surface area contributed by atoms with Crippen LogP contribution in [-0.4, -0.2) is 36.6 Å². The second-order valence-corrected chi connectivity index (χ2v) is 13.9. The van der Waals surface area contributed by atoms with Crippen LogP contribution in [0.1, 0.15) is 207 Å². The van der Waals surface area contributed by atoms with E-state index in [9.17, 15) is 9.59 Å². The number of hydrogen-bond donors (Lipinski definition) is 2. The quantitative estimate of drug-likeness (QED) is 0.0416. The fourth-order valence-corrected chi connectivity index (χ4v) is 6.05. The molecule has 0 unspecified atom stereocenters. The Morgan fingerprint density at radius 3 is 1.02 bits per heavy atom. The van der Waals surface area contributed by atoms with Gasteiger partial charge in [-0.25, -0.2) is 0 Å². The average molecular weight is 646 g/mol. The average Bonchev–Trinajstić information content (AvgIpc) is 3.04. The zero-order valence-electron chi connectivity index (χ0n) is 31.6. The van der Waals surface area contributed by atoms with Gasteiger partial charge in [0.15, 0.2) is 5.79 Å². The number of nitrogens with zero attached hydrogens (tertiary/aromatic N) is 1. The molecule has 0 radical (unpaired) electrons. The zero-order valence-corrected chi connectivity index (χ0v) is 31.6. The molecule has 0 atom stereocenters. The number of rotatable bonds is 34. The van der Waals surface area contributed by atoms with Crippen molar-refractivity contribution in [1.82, 2.24) is 15.5 Å². The minimum absolute atomic E-state index is 0.0227. The van der Waals surface area contributed by atoms with Crippen molar-refractivity contribution >= 4 is 11.8 Å². The van der Waals surface area contributed by atoms with Crippen LogP contribution >= 0.6 is 0 Å². The van der Waals surface area contributed by atoms with Gasteiger partial charge in [-0.1, -0.05) is 148 Å². The Balaban J connectivity index is 3.98. The maximum atomic E-state index is 12.8. The van der Waals surface area contributed by atoms with E-state index in [4.69, 9.17) is 0 Å². The molecule has 0 aliphatic carbocycles. The van der Waals surface area contributed by atoms with E-state index in [-0.39, 0.29) is 11.8 Å². The van der Waals surface area contributed by atoms with Gasteiger partial charge in [0, 0.05) is 19.3 Å². The number of hydrogen-bond acceptors (Lipinski definition) is 3. The SMILES string of the molecule is CCCCCCCC/C=C\CCCCCCCC(=O)NC(CC)(NC(=O)CCCCCCC/C=C\CCCCCCCC)N(C)C. The Morgan fingerprint density at radius 2 is 0.739 bits per heavy atom. The molecular formula is C41H79N3O2. The first-order valence-corrected chi connectivity index (χ1v) is 20.0. The summed E-state index contributed by atoms with van der Waals surface area (Å²) >= 11 is 0. The van der Waals surface area contributed by atoms with Crippen molar-refractivity contribution in [1.29, 1.82) is 0 Å². The fraction of sp³-hybridized carbons (Fsp3) is 0.854. The van der Waals surface area contributed by atoms with E-state index in [1.54, 1.807) is 0 Å². The van der Waals surface area contributed by atoms with Crippen LogP contribution in [0.25, 0.3) is 0 Å². The normalized spacial score (nSPS) is 12.1. The zero-order chi connectivity index (χ0) is 34.0. The number of amides is 2. The third kappa shape index (κ3) is 27.5. The summed E-state index contributed by atoms with van der Waals surface area (Å²) < 4.78 is 0. The number of nitrogens with one attached hydrogen (secondary N) is 2. The third-order valence-corrected chi connectivity index (χ3v) is 9.30. The highest BCUT2D eigenvalue weighted by Gasteiger charge is 2.33. The Bertz CT molecular complexity index is 692. The summed E-state index contributed by atoms with van der Waals surface area (Å²) in [6.07, 6.45) is 43.5. The Labute approximate surface area is 287 Å². The lowest BCUT2D eigenvalue weighted by Gasteiger charge is -2.40.